The zero-order valence-electron chi connectivity index (χ0n) is 23.5. The third-order valence-electron chi connectivity index (χ3n) is 7.14. The van der Waals surface area contributed by atoms with Crippen LogP contribution in [-0.4, -0.2) is 19.5 Å². The van der Waals surface area contributed by atoms with E-state index < -0.39 is 0 Å². The van der Waals surface area contributed by atoms with Crippen LogP contribution in [0.5, 0.6) is 5.75 Å². The lowest BCUT2D eigenvalue weighted by Crippen LogP contribution is -2.27. The van der Waals surface area contributed by atoms with Crippen molar-refractivity contribution >= 4 is 11.3 Å². The van der Waals surface area contributed by atoms with Crippen LogP contribution in [0.1, 0.15) is 21.7 Å². The second-order valence-electron chi connectivity index (χ2n) is 10.0. The summed E-state index contributed by atoms with van der Waals surface area (Å²) < 4.78 is 7.99. The van der Waals surface area contributed by atoms with Crippen molar-refractivity contribution in [2.75, 3.05) is 0 Å². The number of rotatable bonds is 9. The molecule has 42 heavy (non-hydrogen) atoms. The highest BCUT2D eigenvalue weighted by Crippen LogP contribution is 2.36. The lowest BCUT2D eigenvalue weighted by atomic mass is 10.1. The minimum absolute atomic E-state index is 0.0954. The molecular weight excluding hydrogens is 540 g/mol. The molecule has 0 saturated carbocycles. The summed E-state index contributed by atoms with van der Waals surface area (Å²) in [5.41, 5.74) is 5.80. The van der Waals surface area contributed by atoms with E-state index in [2.05, 4.69) is 35.1 Å². The van der Waals surface area contributed by atoms with Gasteiger partial charge in [-0.1, -0.05) is 66.7 Å². The monoisotopic (exact) mass is 570 g/mol. The molecule has 0 unspecified atom stereocenters. The topological polar surface area (TPSA) is 69.9 Å². The minimum atomic E-state index is -0.0954. The first-order valence-electron chi connectivity index (χ1n) is 13.9. The Morgan fingerprint density at radius 1 is 0.810 bits per heavy atom. The van der Waals surface area contributed by atoms with E-state index in [4.69, 9.17) is 9.72 Å². The molecule has 0 saturated heterocycles. The number of hydrogen-bond donors (Lipinski definition) is 0. The maximum Gasteiger partial charge on any atom is 0.262 e. The van der Waals surface area contributed by atoms with E-state index in [1.165, 1.54) is 0 Å². The van der Waals surface area contributed by atoms with Gasteiger partial charge >= 0.3 is 0 Å². The van der Waals surface area contributed by atoms with Crippen molar-refractivity contribution in [1.29, 1.82) is 0 Å². The SMILES string of the molecule is Cc1nc(-c2ncccc2OCc2ccccc2)n(CCc2ccccc2)c(=O)c1-c1cc(-c2ccccn2)c(C)s1. The highest BCUT2D eigenvalue weighted by atomic mass is 32.1. The number of hydrogen-bond acceptors (Lipinski definition) is 6. The number of thiophene rings is 1. The molecule has 208 valence electrons. The van der Waals surface area contributed by atoms with Crippen molar-refractivity contribution in [3.8, 4) is 39.0 Å². The molecule has 0 atom stereocenters. The maximum atomic E-state index is 14.4. The minimum Gasteiger partial charge on any atom is -0.486 e. The number of aromatic nitrogens is 4. The Labute approximate surface area is 249 Å². The summed E-state index contributed by atoms with van der Waals surface area (Å²) in [5, 5.41) is 0. The molecule has 7 heteroatoms. The molecule has 4 heterocycles. The molecule has 0 radical (unpaired) electrons. The predicted molar refractivity (Wildman–Crippen MR) is 169 cm³/mol. The second-order valence-corrected chi connectivity index (χ2v) is 11.3. The van der Waals surface area contributed by atoms with E-state index in [1.54, 1.807) is 28.3 Å². The smallest absolute Gasteiger partial charge is 0.262 e. The summed E-state index contributed by atoms with van der Waals surface area (Å²) >= 11 is 1.59. The van der Waals surface area contributed by atoms with Crippen LogP contribution in [0.25, 0.3) is 33.2 Å². The molecule has 0 bridgehead atoms. The third kappa shape index (κ3) is 5.78. The van der Waals surface area contributed by atoms with Gasteiger partial charge in [-0.05, 0) is 61.7 Å². The van der Waals surface area contributed by atoms with Crippen LogP contribution < -0.4 is 10.3 Å². The molecule has 6 aromatic rings. The van der Waals surface area contributed by atoms with Gasteiger partial charge in [0.05, 0.1) is 17.0 Å². The van der Waals surface area contributed by atoms with Crippen molar-refractivity contribution in [1.82, 2.24) is 19.5 Å². The largest absolute Gasteiger partial charge is 0.486 e. The first-order valence-corrected chi connectivity index (χ1v) is 14.7. The average molecular weight is 571 g/mol. The van der Waals surface area contributed by atoms with Crippen molar-refractivity contribution in [3.63, 3.8) is 0 Å². The fourth-order valence-electron chi connectivity index (χ4n) is 5.01. The predicted octanol–water partition coefficient (Wildman–Crippen LogP) is 7.53. The van der Waals surface area contributed by atoms with Crippen LogP contribution in [0.2, 0.25) is 0 Å². The Hall–Kier alpha value is -4.88. The molecule has 0 amide bonds. The van der Waals surface area contributed by atoms with E-state index >= 15 is 0 Å². The molecule has 6 rings (SSSR count). The van der Waals surface area contributed by atoms with Crippen LogP contribution in [0, 0.1) is 13.8 Å². The van der Waals surface area contributed by atoms with E-state index in [0.29, 0.717) is 48.1 Å². The molecule has 0 aliphatic carbocycles. The summed E-state index contributed by atoms with van der Waals surface area (Å²) in [6.07, 6.45) is 4.17. The molecular formula is C35H30N4O2S. The standard InChI is InChI=1S/C35H30N4O2S/c1-24-32(31-22-28(25(2)42-31)29-16-9-10-19-36-29)35(40)39(21-18-26-12-5-3-6-13-26)34(38-24)33-30(17-11-20-37-33)41-23-27-14-7-4-8-15-27/h3-17,19-20,22H,18,21,23H2,1-2H3. The number of aryl methyl sites for hydroxylation is 3. The van der Waals surface area contributed by atoms with Crippen LogP contribution in [0.15, 0.2) is 114 Å². The first kappa shape index (κ1) is 27.3. The maximum absolute atomic E-state index is 14.4. The first-order chi connectivity index (χ1) is 20.6. The van der Waals surface area contributed by atoms with Gasteiger partial charge in [-0.2, -0.15) is 0 Å². The average Bonchev–Trinajstić information content (AvgIpc) is 3.41. The normalized spacial score (nSPS) is 11.0. The van der Waals surface area contributed by atoms with Gasteiger partial charge in [0, 0.05) is 34.3 Å². The molecule has 4 aromatic heterocycles. The summed E-state index contributed by atoms with van der Waals surface area (Å²) in [6, 6.07) is 31.8. The molecule has 0 aliphatic heterocycles. The van der Waals surface area contributed by atoms with E-state index in [-0.39, 0.29) is 5.56 Å². The Morgan fingerprint density at radius 2 is 1.52 bits per heavy atom. The Bertz CT molecular complexity index is 1870. The summed E-state index contributed by atoms with van der Waals surface area (Å²) in [4.78, 5) is 30.6. The van der Waals surface area contributed by atoms with Crippen LogP contribution >= 0.6 is 11.3 Å². The Morgan fingerprint density at radius 3 is 2.26 bits per heavy atom. The van der Waals surface area contributed by atoms with E-state index in [9.17, 15) is 4.79 Å². The quantitative estimate of drug-likeness (QED) is 0.180. The molecule has 6 nitrogen and oxygen atoms in total. The number of pyridine rings is 2. The van der Waals surface area contributed by atoms with Crippen LogP contribution in [-0.2, 0) is 19.6 Å². The van der Waals surface area contributed by atoms with Crippen molar-refractivity contribution in [2.45, 2.75) is 33.4 Å². The van der Waals surface area contributed by atoms with Crippen LogP contribution in [0.4, 0.5) is 0 Å². The Kier molecular flexibility index (Phi) is 8.01. The van der Waals surface area contributed by atoms with Crippen molar-refractivity contribution < 1.29 is 4.74 Å². The van der Waals surface area contributed by atoms with Crippen molar-refractivity contribution in [2.24, 2.45) is 0 Å². The zero-order chi connectivity index (χ0) is 28.9. The van der Waals surface area contributed by atoms with Crippen molar-refractivity contribution in [3.05, 3.63) is 142 Å². The van der Waals surface area contributed by atoms with Gasteiger partial charge < -0.3 is 4.74 Å². The van der Waals surface area contributed by atoms with E-state index in [0.717, 1.165) is 32.1 Å². The van der Waals surface area contributed by atoms with Gasteiger partial charge in [-0.15, -0.1) is 11.3 Å². The summed E-state index contributed by atoms with van der Waals surface area (Å²) in [7, 11) is 0. The molecule has 0 aliphatic rings. The fraction of sp³-hybridized carbons (Fsp3) is 0.143. The lowest BCUT2D eigenvalue weighted by molar-refractivity contribution is 0.306. The molecule has 0 spiro atoms. The Balaban J connectivity index is 1.45. The number of ether oxygens (including phenoxy) is 1. The van der Waals surface area contributed by atoms with Gasteiger partial charge in [0.15, 0.2) is 5.82 Å². The second kappa shape index (κ2) is 12.3. The summed E-state index contributed by atoms with van der Waals surface area (Å²) in [6.45, 7) is 4.79. The third-order valence-corrected chi connectivity index (χ3v) is 8.21. The van der Waals surface area contributed by atoms with Gasteiger partial charge in [-0.3, -0.25) is 14.3 Å². The van der Waals surface area contributed by atoms with Gasteiger partial charge in [-0.25, -0.2) is 9.97 Å². The van der Waals surface area contributed by atoms with Gasteiger partial charge in [0.2, 0.25) is 0 Å². The molecule has 0 N–H and O–H groups in total. The van der Waals surface area contributed by atoms with Gasteiger partial charge in [0.1, 0.15) is 18.1 Å². The number of nitrogens with zero attached hydrogens (tertiary/aromatic N) is 4. The van der Waals surface area contributed by atoms with Crippen LogP contribution in [0.3, 0.4) is 0 Å². The summed E-state index contributed by atoms with van der Waals surface area (Å²) in [5.74, 6) is 1.08. The highest BCUT2D eigenvalue weighted by Gasteiger charge is 2.22. The molecule has 2 aromatic carbocycles. The lowest BCUT2D eigenvalue weighted by Gasteiger charge is -2.17. The zero-order valence-corrected chi connectivity index (χ0v) is 24.3. The fourth-order valence-corrected chi connectivity index (χ4v) is 6.13. The molecule has 0 fully saturated rings. The number of benzene rings is 2. The van der Waals surface area contributed by atoms with Gasteiger partial charge in [0.25, 0.3) is 5.56 Å². The highest BCUT2D eigenvalue weighted by molar-refractivity contribution is 7.16. The van der Waals surface area contributed by atoms with E-state index in [1.807, 2.05) is 85.8 Å².